The number of fused-ring (bicyclic) bond motifs is 1. The topological polar surface area (TPSA) is 47.0 Å². The zero-order chi connectivity index (χ0) is 11.7. The first-order valence-electron chi connectivity index (χ1n) is 6.57. The molecule has 2 aliphatic rings. The van der Waals surface area contributed by atoms with Gasteiger partial charge in [-0.05, 0) is 38.5 Å². The van der Waals surface area contributed by atoms with Crippen LogP contribution >= 0.6 is 0 Å². The fraction of sp³-hybridized carbons (Fsp3) is 0.692. The van der Waals surface area contributed by atoms with E-state index in [4.69, 9.17) is 9.72 Å². The van der Waals surface area contributed by atoms with E-state index in [-0.39, 0.29) is 6.10 Å². The molecule has 0 radical (unpaired) electrons. The molecular formula is C13H19N3O. The van der Waals surface area contributed by atoms with E-state index in [1.807, 2.05) is 7.05 Å². The predicted molar refractivity (Wildman–Crippen MR) is 66.1 cm³/mol. The highest BCUT2D eigenvalue weighted by atomic mass is 16.5. The van der Waals surface area contributed by atoms with Crippen molar-refractivity contribution in [2.75, 3.05) is 19.0 Å². The molecule has 1 N–H and O–H groups in total. The lowest BCUT2D eigenvalue weighted by molar-refractivity contribution is 0.105. The minimum Gasteiger partial charge on any atom is -0.373 e. The van der Waals surface area contributed by atoms with Gasteiger partial charge in [-0.3, -0.25) is 0 Å². The average molecular weight is 233 g/mol. The number of anilines is 1. The number of nitrogens with zero attached hydrogens (tertiary/aromatic N) is 2. The monoisotopic (exact) mass is 233 g/mol. The van der Waals surface area contributed by atoms with Gasteiger partial charge in [0.05, 0.1) is 0 Å². The molecule has 1 unspecified atom stereocenters. The van der Waals surface area contributed by atoms with Crippen LogP contribution in [0.15, 0.2) is 0 Å². The average Bonchev–Trinajstić information content (AvgIpc) is 2.91. The summed E-state index contributed by atoms with van der Waals surface area (Å²) in [6.07, 6.45) is 7.00. The lowest BCUT2D eigenvalue weighted by atomic mass is 9.96. The Labute approximate surface area is 102 Å². The van der Waals surface area contributed by atoms with E-state index in [1.54, 1.807) is 0 Å². The molecule has 1 aromatic rings. The molecule has 0 aromatic carbocycles. The number of nitrogens with one attached hydrogen (secondary N) is 1. The molecule has 17 heavy (non-hydrogen) atoms. The van der Waals surface area contributed by atoms with Crippen molar-refractivity contribution in [1.29, 1.82) is 0 Å². The van der Waals surface area contributed by atoms with Gasteiger partial charge in [0.15, 0.2) is 5.82 Å². The lowest BCUT2D eigenvalue weighted by Crippen LogP contribution is -2.15. The fourth-order valence-electron chi connectivity index (χ4n) is 2.75. The van der Waals surface area contributed by atoms with Gasteiger partial charge in [-0.25, -0.2) is 9.97 Å². The van der Waals surface area contributed by atoms with Gasteiger partial charge in [0.1, 0.15) is 11.9 Å². The van der Waals surface area contributed by atoms with Crippen molar-refractivity contribution in [1.82, 2.24) is 9.97 Å². The molecule has 3 rings (SSSR count). The van der Waals surface area contributed by atoms with E-state index in [0.29, 0.717) is 0 Å². The molecule has 1 aliphatic heterocycles. The summed E-state index contributed by atoms with van der Waals surface area (Å²) >= 11 is 0. The first-order chi connectivity index (χ1) is 8.38. The Morgan fingerprint density at radius 3 is 2.82 bits per heavy atom. The zero-order valence-corrected chi connectivity index (χ0v) is 10.3. The molecule has 1 saturated heterocycles. The van der Waals surface area contributed by atoms with E-state index in [0.717, 1.165) is 43.9 Å². The number of hydrogen-bond acceptors (Lipinski definition) is 4. The largest absolute Gasteiger partial charge is 0.373 e. The summed E-state index contributed by atoms with van der Waals surface area (Å²) in [6.45, 7) is 0.847. The molecule has 4 heteroatoms. The smallest absolute Gasteiger partial charge is 0.159 e. The van der Waals surface area contributed by atoms with Gasteiger partial charge in [0.25, 0.3) is 0 Å². The molecule has 0 saturated carbocycles. The Kier molecular flexibility index (Phi) is 2.97. The maximum absolute atomic E-state index is 5.68. The van der Waals surface area contributed by atoms with Crippen molar-refractivity contribution in [3.05, 3.63) is 17.1 Å². The minimum atomic E-state index is 0.120. The van der Waals surface area contributed by atoms with Crippen molar-refractivity contribution in [2.45, 2.75) is 44.6 Å². The molecule has 0 bridgehead atoms. The summed E-state index contributed by atoms with van der Waals surface area (Å²) in [5, 5.41) is 3.21. The SMILES string of the molecule is CNc1nc(C2CCCO2)nc2c1CCCC2. The second-order valence-electron chi connectivity index (χ2n) is 4.81. The van der Waals surface area contributed by atoms with Gasteiger partial charge in [-0.2, -0.15) is 0 Å². The van der Waals surface area contributed by atoms with Gasteiger partial charge in [0, 0.05) is 24.9 Å². The summed E-state index contributed by atoms with van der Waals surface area (Å²) in [7, 11) is 1.94. The maximum atomic E-state index is 5.68. The van der Waals surface area contributed by atoms with Gasteiger partial charge in [-0.15, -0.1) is 0 Å². The molecule has 1 aromatic heterocycles. The molecule has 0 spiro atoms. The van der Waals surface area contributed by atoms with Crippen LogP contribution in [0.3, 0.4) is 0 Å². The quantitative estimate of drug-likeness (QED) is 0.851. The number of aromatic nitrogens is 2. The normalized spacial score (nSPS) is 23.5. The van der Waals surface area contributed by atoms with E-state index in [1.165, 1.54) is 24.1 Å². The Balaban J connectivity index is 1.99. The zero-order valence-electron chi connectivity index (χ0n) is 10.3. The standard InChI is InChI=1S/C13H19N3O/c1-14-12-9-5-2-3-6-10(9)15-13(16-12)11-7-4-8-17-11/h11H,2-8H2,1H3,(H,14,15,16). The van der Waals surface area contributed by atoms with Gasteiger partial charge >= 0.3 is 0 Å². The van der Waals surface area contributed by atoms with E-state index in [2.05, 4.69) is 10.3 Å². The molecule has 0 amide bonds. The minimum absolute atomic E-state index is 0.120. The van der Waals surface area contributed by atoms with Crippen molar-refractivity contribution >= 4 is 5.82 Å². The third kappa shape index (κ3) is 2.02. The van der Waals surface area contributed by atoms with Crippen LogP contribution in [0.5, 0.6) is 0 Å². The fourth-order valence-corrected chi connectivity index (χ4v) is 2.75. The Morgan fingerprint density at radius 1 is 1.18 bits per heavy atom. The Bertz CT molecular complexity index is 396. The summed E-state index contributed by atoms with van der Waals surface area (Å²) in [6, 6.07) is 0. The highest BCUT2D eigenvalue weighted by Gasteiger charge is 2.24. The van der Waals surface area contributed by atoms with Crippen LogP contribution in [0.1, 0.15) is 48.9 Å². The second-order valence-corrected chi connectivity index (χ2v) is 4.81. The maximum Gasteiger partial charge on any atom is 0.159 e. The third-order valence-electron chi connectivity index (χ3n) is 3.65. The summed E-state index contributed by atoms with van der Waals surface area (Å²) in [5.41, 5.74) is 2.56. The number of aryl methyl sites for hydroxylation is 1. The molecule has 4 nitrogen and oxygen atoms in total. The molecule has 2 heterocycles. The highest BCUT2D eigenvalue weighted by Crippen LogP contribution is 2.31. The van der Waals surface area contributed by atoms with Gasteiger partial charge in [0.2, 0.25) is 0 Å². The van der Waals surface area contributed by atoms with Crippen LogP contribution in [0, 0.1) is 0 Å². The van der Waals surface area contributed by atoms with Crippen LogP contribution in [-0.2, 0) is 17.6 Å². The number of rotatable bonds is 2. The second kappa shape index (κ2) is 4.61. The van der Waals surface area contributed by atoms with Crippen molar-refractivity contribution in [3.63, 3.8) is 0 Å². The molecule has 1 aliphatic carbocycles. The van der Waals surface area contributed by atoms with Crippen LogP contribution in [0.4, 0.5) is 5.82 Å². The van der Waals surface area contributed by atoms with Crippen LogP contribution in [0.2, 0.25) is 0 Å². The molecule has 1 atom stereocenters. The molecule has 92 valence electrons. The van der Waals surface area contributed by atoms with Crippen LogP contribution < -0.4 is 5.32 Å². The van der Waals surface area contributed by atoms with E-state index in [9.17, 15) is 0 Å². The van der Waals surface area contributed by atoms with E-state index >= 15 is 0 Å². The van der Waals surface area contributed by atoms with Crippen molar-refractivity contribution in [2.24, 2.45) is 0 Å². The summed E-state index contributed by atoms with van der Waals surface area (Å²) in [5.74, 6) is 1.90. The summed E-state index contributed by atoms with van der Waals surface area (Å²) in [4.78, 5) is 9.37. The van der Waals surface area contributed by atoms with Crippen molar-refractivity contribution < 1.29 is 4.74 Å². The molecule has 1 fully saturated rings. The van der Waals surface area contributed by atoms with Gasteiger partial charge < -0.3 is 10.1 Å². The lowest BCUT2D eigenvalue weighted by Gasteiger charge is -2.20. The summed E-state index contributed by atoms with van der Waals surface area (Å²) < 4.78 is 5.68. The van der Waals surface area contributed by atoms with Gasteiger partial charge in [-0.1, -0.05) is 0 Å². The first kappa shape index (κ1) is 11.0. The third-order valence-corrected chi connectivity index (χ3v) is 3.65. The van der Waals surface area contributed by atoms with Crippen LogP contribution in [0.25, 0.3) is 0 Å². The Morgan fingerprint density at radius 2 is 2.06 bits per heavy atom. The van der Waals surface area contributed by atoms with Crippen LogP contribution in [-0.4, -0.2) is 23.6 Å². The highest BCUT2D eigenvalue weighted by molar-refractivity contribution is 5.47. The van der Waals surface area contributed by atoms with Crippen molar-refractivity contribution in [3.8, 4) is 0 Å². The number of hydrogen-bond donors (Lipinski definition) is 1. The molecular weight excluding hydrogens is 214 g/mol. The van der Waals surface area contributed by atoms with E-state index < -0.39 is 0 Å². The number of ether oxygens (including phenoxy) is 1. The Hall–Kier alpha value is -1.16. The predicted octanol–water partition coefficient (Wildman–Crippen LogP) is 2.25. The first-order valence-corrected chi connectivity index (χ1v) is 6.57.